The van der Waals surface area contributed by atoms with E-state index in [0.29, 0.717) is 11.8 Å². The fourth-order valence-corrected chi connectivity index (χ4v) is 5.39. The van der Waals surface area contributed by atoms with Gasteiger partial charge in [-0.25, -0.2) is 0 Å². The number of benzene rings is 2. The van der Waals surface area contributed by atoms with E-state index in [1.54, 1.807) is 7.11 Å². The van der Waals surface area contributed by atoms with E-state index >= 15 is 0 Å². The highest BCUT2D eigenvalue weighted by atomic mass is 32.2. The fourth-order valence-electron chi connectivity index (χ4n) is 4.46. The predicted octanol–water partition coefficient (Wildman–Crippen LogP) is 5.77. The molecule has 4 rings (SSSR count). The Morgan fingerprint density at radius 1 is 1.09 bits per heavy atom. The first-order chi connectivity index (χ1) is 16.1. The third-order valence-electron chi connectivity index (χ3n) is 6.53. The van der Waals surface area contributed by atoms with Gasteiger partial charge in [0.15, 0.2) is 11.0 Å². The van der Waals surface area contributed by atoms with Gasteiger partial charge in [0.2, 0.25) is 5.91 Å². The molecular formula is C26H32N4O2S. The first kappa shape index (κ1) is 23.4. The normalized spacial score (nSPS) is 15.2. The van der Waals surface area contributed by atoms with E-state index < -0.39 is 0 Å². The van der Waals surface area contributed by atoms with E-state index in [-0.39, 0.29) is 11.9 Å². The average molecular weight is 465 g/mol. The zero-order valence-corrected chi connectivity index (χ0v) is 20.4. The molecule has 6 nitrogen and oxygen atoms in total. The fraction of sp³-hybridized carbons (Fsp3) is 0.423. The molecule has 1 amide bonds. The molecule has 0 bridgehead atoms. The summed E-state index contributed by atoms with van der Waals surface area (Å²) in [4.78, 5) is 14.8. The number of para-hydroxylation sites is 1. The molecule has 0 saturated heterocycles. The first-order valence-electron chi connectivity index (χ1n) is 11.6. The number of thioether (sulfide) groups is 1. The number of hydrogen-bond donors (Lipinski definition) is 0. The van der Waals surface area contributed by atoms with Gasteiger partial charge in [-0.15, -0.1) is 10.2 Å². The highest BCUT2D eigenvalue weighted by molar-refractivity contribution is 7.99. The van der Waals surface area contributed by atoms with Crippen LogP contribution in [0.3, 0.4) is 0 Å². The Bertz CT molecular complexity index is 1060. The van der Waals surface area contributed by atoms with E-state index in [9.17, 15) is 4.79 Å². The van der Waals surface area contributed by atoms with Crippen LogP contribution in [0.15, 0.2) is 59.8 Å². The lowest BCUT2D eigenvalue weighted by Crippen LogP contribution is -2.31. The summed E-state index contributed by atoms with van der Waals surface area (Å²) in [6, 6.07) is 18.4. The largest absolute Gasteiger partial charge is 0.496 e. The maximum Gasteiger partial charge on any atom is 0.233 e. The summed E-state index contributed by atoms with van der Waals surface area (Å²) in [7, 11) is 3.55. The van der Waals surface area contributed by atoms with Gasteiger partial charge >= 0.3 is 0 Å². The summed E-state index contributed by atoms with van der Waals surface area (Å²) in [5.41, 5.74) is 2.06. The Labute approximate surface area is 200 Å². The van der Waals surface area contributed by atoms with Crippen LogP contribution in [0.1, 0.15) is 56.7 Å². The Hall–Kier alpha value is -2.80. The van der Waals surface area contributed by atoms with Crippen LogP contribution in [0.5, 0.6) is 5.75 Å². The van der Waals surface area contributed by atoms with Crippen molar-refractivity contribution in [3.05, 3.63) is 60.2 Å². The SMILES string of the molecule is COc1ccccc1-c1nnc(SCC(=O)N(C)C(C)c2ccccc2)n1C1CCCCC1. The summed E-state index contributed by atoms with van der Waals surface area (Å²) < 4.78 is 7.85. The quantitative estimate of drug-likeness (QED) is 0.396. The standard InChI is InChI=1S/C26H32N4O2S/c1-19(20-12-6-4-7-13-20)29(2)24(31)18-33-26-28-27-25(22-16-10-11-17-23(22)32-3)30(26)21-14-8-5-9-15-21/h4,6-7,10-13,16-17,19,21H,5,8-9,14-15,18H2,1-3H3. The van der Waals surface area contributed by atoms with Gasteiger partial charge in [-0.05, 0) is 37.5 Å². The summed E-state index contributed by atoms with van der Waals surface area (Å²) in [6.07, 6.45) is 5.88. The van der Waals surface area contributed by atoms with Gasteiger partial charge in [-0.3, -0.25) is 9.36 Å². The highest BCUT2D eigenvalue weighted by Gasteiger charge is 2.26. The van der Waals surface area contributed by atoms with Crippen molar-refractivity contribution in [3.8, 4) is 17.1 Å². The van der Waals surface area contributed by atoms with Crippen molar-refractivity contribution in [2.75, 3.05) is 19.9 Å². The second-order valence-corrected chi connectivity index (χ2v) is 9.49. The molecule has 0 radical (unpaired) electrons. The lowest BCUT2D eigenvalue weighted by molar-refractivity contribution is -0.128. The van der Waals surface area contributed by atoms with Crippen LogP contribution in [0.4, 0.5) is 0 Å². The molecule has 1 saturated carbocycles. The summed E-state index contributed by atoms with van der Waals surface area (Å²) >= 11 is 1.48. The van der Waals surface area contributed by atoms with Gasteiger partial charge in [0.25, 0.3) is 0 Å². The van der Waals surface area contributed by atoms with E-state index in [0.717, 1.165) is 40.7 Å². The van der Waals surface area contributed by atoms with Crippen LogP contribution in [0.2, 0.25) is 0 Å². The molecule has 33 heavy (non-hydrogen) atoms. The van der Waals surface area contributed by atoms with Gasteiger partial charge in [0.05, 0.1) is 24.5 Å². The summed E-state index contributed by atoms with van der Waals surface area (Å²) in [5.74, 6) is 2.00. The Balaban J connectivity index is 1.56. The zero-order chi connectivity index (χ0) is 23.2. The molecule has 0 aliphatic heterocycles. The first-order valence-corrected chi connectivity index (χ1v) is 12.6. The number of ether oxygens (including phenoxy) is 1. The van der Waals surface area contributed by atoms with E-state index in [1.165, 1.54) is 31.0 Å². The van der Waals surface area contributed by atoms with Crippen molar-refractivity contribution in [2.45, 2.75) is 56.3 Å². The van der Waals surface area contributed by atoms with Crippen molar-refractivity contribution in [1.29, 1.82) is 0 Å². The van der Waals surface area contributed by atoms with E-state index in [1.807, 2.05) is 54.4 Å². The average Bonchev–Trinajstić information content (AvgIpc) is 3.31. The van der Waals surface area contributed by atoms with Gasteiger partial charge in [-0.1, -0.05) is 73.5 Å². The van der Waals surface area contributed by atoms with Crippen LogP contribution in [0.25, 0.3) is 11.4 Å². The van der Waals surface area contributed by atoms with Crippen LogP contribution in [0, 0.1) is 0 Å². The molecule has 1 aromatic heterocycles. The third-order valence-corrected chi connectivity index (χ3v) is 7.46. The minimum absolute atomic E-state index is 0.0136. The second-order valence-electron chi connectivity index (χ2n) is 8.55. The molecule has 1 fully saturated rings. The Morgan fingerprint density at radius 3 is 2.52 bits per heavy atom. The minimum atomic E-state index is 0.0136. The third kappa shape index (κ3) is 5.24. The number of carbonyl (C=O) groups excluding carboxylic acids is 1. The molecule has 174 valence electrons. The lowest BCUT2D eigenvalue weighted by atomic mass is 9.95. The molecule has 3 aromatic rings. The summed E-state index contributed by atoms with van der Waals surface area (Å²) in [6.45, 7) is 2.06. The molecule has 1 unspecified atom stereocenters. The summed E-state index contributed by atoms with van der Waals surface area (Å²) in [5, 5.41) is 9.89. The number of carbonyl (C=O) groups is 1. The molecule has 0 spiro atoms. The number of aromatic nitrogens is 3. The van der Waals surface area contributed by atoms with Crippen molar-refractivity contribution in [3.63, 3.8) is 0 Å². The minimum Gasteiger partial charge on any atom is -0.496 e. The van der Waals surface area contributed by atoms with Crippen molar-refractivity contribution < 1.29 is 9.53 Å². The Morgan fingerprint density at radius 2 is 1.79 bits per heavy atom. The maximum absolute atomic E-state index is 13.0. The molecule has 2 aromatic carbocycles. The van der Waals surface area contributed by atoms with Crippen LogP contribution in [-0.2, 0) is 4.79 Å². The molecule has 1 atom stereocenters. The Kier molecular flexibility index (Phi) is 7.70. The lowest BCUT2D eigenvalue weighted by Gasteiger charge is -2.27. The maximum atomic E-state index is 13.0. The van der Waals surface area contributed by atoms with Crippen LogP contribution >= 0.6 is 11.8 Å². The number of nitrogens with zero attached hydrogens (tertiary/aromatic N) is 4. The molecular weight excluding hydrogens is 432 g/mol. The van der Waals surface area contributed by atoms with Gasteiger partial charge in [0.1, 0.15) is 5.75 Å². The molecule has 1 heterocycles. The van der Waals surface area contributed by atoms with E-state index in [2.05, 4.69) is 33.8 Å². The number of rotatable bonds is 8. The number of hydrogen-bond acceptors (Lipinski definition) is 5. The van der Waals surface area contributed by atoms with E-state index in [4.69, 9.17) is 4.74 Å². The molecule has 0 N–H and O–H groups in total. The molecule has 7 heteroatoms. The molecule has 1 aliphatic carbocycles. The topological polar surface area (TPSA) is 60.3 Å². The van der Waals surface area contributed by atoms with Crippen molar-refractivity contribution >= 4 is 17.7 Å². The number of methoxy groups -OCH3 is 1. The van der Waals surface area contributed by atoms with Crippen LogP contribution < -0.4 is 4.74 Å². The van der Waals surface area contributed by atoms with Gasteiger partial charge in [0, 0.05) is 13.1 Å². The van der Waals surface area contributed by atoms with Crippen molar-refractivity contribution in [2.24, 2.45) is 0 Å². The van der Waals surface area contributed by atoms with Crippen molar-refractivity contribution in [1.82, 2.24) is 19.7 Å². The van der Waals surface area contributed by atoms with Gasteiger partial charge in [-0.2, -0.15) is 0 Å². The molecule has 1 aliphatic rings. The number of amides is 1. The smallest absolute Gasteiger partial charge is 0.233 e. The monoisotopic (exact) mass is 464 g/mol. The van der Waals surface area contributed by atoms with Crippen LogP contribution in [-0.4, -0.2) is 45.5 Å². The second kappa shape index (κ2) is 10.9. The predicted molar refractivity (Wildman–Crippen MR) is 132 cm³/mol. The zero-order valence-electron chi connectivity index (χ0n) is 19.6. The highest BCUT2D eigenvalue weighted by Crippen LogP contribution is 2.38. The van der Waals surface area contributed by atoms with Gasteiger partial charge < -0.3 is 9.64 Å².